The second-order valence-electron chi connectivity index (χ2n) is 5.60. The van der Waals surface area contributed by atoms with Crippen LogP contribution >= 0.6 is 27.7 Å². The van der Waals surface area contributed by atoms with Gasteiger partial charge in [0, 0.05) is 28.2 Å². The van der Waals surface area contributed by atoms with E-state index in [0.717, 1.165) is 15.1 Å². The molecule has 0 saturated heterocycles. The molecule has 0 atom stereocenters. The zero-order chi connectivity index (χ0) is 19.2. The Hall–Kier alpha value is -2.64. The molecule has 3 aromatic rings. The fraction of sp³-hybridized carbons (Fsp3) is 0.0500. The van der Waals surface area contributed by atoms with E-state index >= 15 is 0 Å². The van der Waals surface area contributed by atoms with Gasteiger partial charge in [0.1, 0.15) is 5.03 Å². The largest absolute Gasteiger partial charge is 0.326 e. The highest BCUT2D eigenvalue weighted by Gasteiger charge is 2.14. The summed E-state index contributed by atoms with van der Waals surface area (Å²) in [6.07, 6.45) is 1.66. The van der Waals surface area contributed by atoms with E-state index in [-0.39, 0.29) is 11.8 Å². The van der Waals surface area contributed by atoms with Crippen LogP contribution < -0.4 is 10.6 Å². The molecule has 0 unspecified atom stereocenters. The molecule has 0 spiro atoms. The van der Waals surface area contributed by atoms with Crippen LogP contribution in [-0.2, 0) is 4.79 Å². The molecule has 0 saturated carbocycles. The van der Waals surface area contributed by atoms with E-state index in [4.69, 9.17) is 0 Å². The Morgan fingerprint density at radius 2 is 1.70 bits per heavy atom. The summed E-state index contributed by atoms with van der Waals surface area (Å²) < 4.78 is 0.810. The van der Waals surface area contributed by atoms with Crippen LogP contribution in [0, 0.1) is 0 Å². The Labute approximate surface area is 169 Å². The Kier molecular flexibility index (Phi) is 6.26. The summed E-state index contributed by atoms with van der Waals surface area (Å²) in [5, 5.41) is 6.23. The zero-order valence-corrected chi connectivity index (χ0v) is 16.8. The minimum absolute atomic E-state index is 0.119. The molecule has 2 aromatic carbocycles. The first-order chi connectivity index (χ1) is 13.0. The summed E-state index contributed by atoms with van der Waals surface area (Å²) in [6.45, 7) is 1.46. The molecular weight excluding hydrogens is 426 g/mol. The number of amides is 2. The van der Waals surface area contributed by atoms with Gasteiger partial charge < -0.3 is 10.6 Å². The average molecular weight is 442 g/mol. The van der Waals surface area contributed by atoms with E-state index in [9.17, 15) is 9.59 Å². The van der Waals surface area contributed by atoms with Crippen molar-refractivity contribution in [3.63, 3.8) is 0 Å². The molecule has 2 amide bonds. The van der Waals surface area contributed by atoms with Crippen LogP contribution in [0.2, 0.25) is 0 Å². The Bertz CT molecular complexity index is 977. The number of carbonyl (C=O) groups excluding carboxylic acids is 2. The summed E-state index contributed by atoms with van der Waals surface area (Å²) in [5.74, 6) is -0.349. The maximum atomic E-state index is 12.7. The van der Waals surface area contributed by atoms with E-state index in [1.807, 2.05) is 48.5 Å². The molecule has 0 bridgehead atoms. The number of para-hydroxylation sites is 1. The van der Waals surface area contributed by atoms with Crippen LogP contribution in [0.5, 0.6) is 0 Å². The van der Waals surface area contributed by atoms with Crippen LogP contribution in [0.15, 0.2) is 81.3 Å². The number of pyridine rings is 1. The lowest BCUT2D eigenvalue weighted by Crippen LogP contribution is -2.13. The first kappa shape index (κ1) is 19.1. The second kappa shape index (κ2) is 8.83. The highest BCUT2D eigenvalue weighted by Crippen LogP contribution is 2.30. The van der Waals surface area contributed by atoms with Crippen molar-refractivity contribution in [3.8, 4) is 0 Å². The number of carbonyl (C=O) groups is 2. The summed E-state index contributed by atoms with van der Waals surface area (Å²) in [7, 11) is 0. The number of rotatable bonds is 5. The minimum atomic E-state index is -0.229. The van der Waals surface area contributed by atoms with Crippen molar-refractivity contribution < 1.29 is 9.59 Å². The quantitative estimate of drug-likeness (QED) is 0.570. The number of benzene rings is 2. The lowest BCUT2D eigenvalue weighted by atomic mass is 10.2. The van der Waals surface area contributed by atoms with Crippen molar-refractivity contribution in [2.24, 2.45) is 0 Å². The van der Waals surface area contributed by atoms with Crippen molar-refractivity contribution in [3.05, 3.63) is 76.9 Å². The van der Waals surface area contributed by atoms with Gasteiger partial charge >= 0.3 is 0 Å². The van der Waals surface area contributed by atoms with Gasteiger partial charge in [-0.2, -0.15) is 0 Å². The molecule has 0 radical (unpaired) electrons. The van der Waals surface area contributed by atoms with Gasteiger partial charge in [0.2, 0.25) is 5.91 Å². The second-order valence-corrected chi connectivity index (χ2v) is 7.51. The van der Waals surface area contributed by atoms with E-state index in [1.54, 1.807) is 18.3 Å². The zero-order valence-electron chi connectivity index (χ0n) is 14.4. The van der Waals surface area contributed by atoms with E-state index < -0.39 is 0 Å². The summed E-state index contributed by atoms with van der Waals surface area (Å²) in [6, 6.07) is 18.3. The molecule has 27 heavy (non-hydrogen) atoms. The normalized spacial score (nSPS) is 10.3. The SMILES string of the molecule is CC(=O)Nc1ccc(Sc2ncccc2C(=O)Nc2ccccc2Br)cc1. The molecule has 0 aliphatic heterocycles. The number of anilines is 2. The van der Waals surface area contributed by atoms with Crippen molar-refractivity contribution in [2.45, 2.75) is 16.8 Å². The number of aromatic nitrogens is 1. The molecule has 1 aromatic heterocycles. The van der Waals surface area contributed by atoms with Crippen molar-refractivity contribution in [1.82, 2.24) is 4.98 Å². The fourth-order valence-electron chi connectivity index (χ4n) is 2.32. The predicted octanol–water partition coefficient (Wildman–Crippen LogP) is 5.21. The van der Waals surface area contributed by atoms with Crippen molar-refractivity contribution in [2.75, 3.05) is 10.6 Å². The molecule has 0 aliphatic rings. The van der Waals surface area contributed by atoms with Gasteiger partial charge in [-0.05, 0) is 64.5 Å². The third kappa shape index (κ3) is 5.18. The Morgan fingerprint density at radius 1 is 0.963 bits per heavy atom. The van der Waals surface area contributed by atoms with Gasteiger partial charge in [0.05, 0.1) is 11.3 Å². The smallest absolute Gasteiger partial charge is 0.258 e. The number of nitrogens with one attached hydrogen (secondary N) is 2. The number of halogens is 1. The summed E-state index contributed by atoms with van der Waals surface area (Å²) >= 11 is 4.82. The van der Waals surface area contributed by atoms with E-state index in [2.05, 4.69) is 31.5 Å². The third-order valence-corrected chi connectivity index (χ3v) is 5.25. The molecule has 0 fully saturated rings. The van der Waals surface area contributed by atoms with Crippen LogP contribution in [0.25, 0.3) is 0 Å². The van der Waals surface area contributed by atoms with Crippen LogP contribution in [0.4, 0.5) is 11.4 Å². The maximum absolute atomic E-state index is 12.7. The molecular formula is C20H16BrN3O2S. The fourth-order valence-corrected chi connectivity index (χ4v) is 3.58. The van der Waals surface area contributed by atoms with E-state index in [1.165, 1.54) is 18.7 Å². The van der Waals surface area contributed by atoms with Gasteiger partial charge in [-0.1, -0.05) is 23.9 Å². The van der Waals surface area contributed by atoms with Gasteiger partial charge in [-0.15, -0.1) is 0 Å². The number of hydrogen-bond acceptors (Lipinski definition) is 4. The van der Waals surface area contributed by atoms with Crippen LogP contribution in [-0.4, -0.2) is 16.8 Å². The number of hydrogen-bond donors (Lipinski definition) is 2. The first-order valence-electron chi connectivity index (χ1n) is 8.09. The van der Waals surface area contributed by atoms with E-state index in [0.29, 0.717) is 16.3 Å². The molecule has 0 aliphatic carbocycles. The van der Waals surface area contributed by atoms with Gasteiger partial charge in [0.25, 0.3) is 5.91 Å². The average Bonchev–Trinajstić information content (AvgIpc) is 2.65. The topological polar surface area (TPSA) is 71.1 Å². The first-order valence-corrected chi connectivity index (χ1v) is 9.70. The van der Waals surface area contributed by atoms with Crippen LogP contribution in [0.3, 0.4) is 0 Å². The van der Waals surface area contributed by atoms with Gasteiger partial charge in [-0.25, -0.2) is 4.98 Å². The molecule has 136 valence electrons. The summed E-state index contributed by atoms with van der Waals surface area (Å²) in [4.78, 5) is 29.1. The molecule has 1 heterocycles. The van der Waals surface area contributed by atoms with Crippen molar-refractivity contribution >= 4 is 50.9 Å². The van der Waals surface area contributed by atoms with Crippen molar-refractivity contribution in [1.29, 1.82) is 0 Å². The van der Waals surface area contributed by atoms with Gasteiger partial charge in [0.15, 0.2) is 0 Å². The lowest BCUT2D eigenvalue weighted by Gasteiger charge is -2.10. The highest BCUT2D eigenvalue weighted by atomic mass is 79.9. The summed E-state index contributed by atoms with van der Waals surface area (Å²) in [5.41, 5.74) is 1.91. The van der Waals surface area contributed by atoms with Gasteiger partial charge in [-0.3, -0.25) is 9.59 Å². The lowest BCUT2D eigenvalue weighted by molar-refractivity contribution is -0.114. The molecule has 3 rings (SSSR count). The Morgan fingerprint density at radius 3 is 2.41 bits per heavy atom. The Balaban J connectivity index is 1.78. The monoisotopic (exact) mass is 441 g/mol. The van der Waals surface area contributed by atoms with Crippen LogP contribution in [0.1, 0.15) is 17.3 Å². The molecule has 5 nitrogen and oxygen atoms in total. The third-order valence-electron chi connectivity index (χ3n) is 3.53. The maximum Gasteiger partial charge on any atom is 0.258 e. The predicted molar refractivity (Wildman–Crippen MR) is 111 cm³/mol. The number of nitrogens with zero attached hydrogens (tertiary/aromatic N) is 1. The molecule has 7 heteroatoms. The standard InChI is InChI=1S/C20H16BrN3O2S/c1-13(25)23-14-8-10-15(11-9-14)27-20-16(5-4-12-22-20)19(26)24-18-7-3-2-6-17(18)21/h2-12H,1H3,(H,23,25)(H,24,26). The highest BCUT2D eigenvalue weighted by molar-refractivity contribution is 9.10. The minimum Gasteiger partial charge on any atom is -0.326 e. The molecule has 2 N–H and O–H groups in total.